The van der Waals surface area contributed by atoms with Crippen LogP contribution in [0.3, 0.4) is 0 Å². The molecule has 3 heterocycles. The molecule has 2 aromatic heterocycles. The van der Waals surface area contributed by atoms with Gasteiger partial charge in [0.2, 0.25) is 5.91 Å². The molecule has 5 rings (SSSR count). The summed E-state index contributed by atoms with van der Waals surface area (Å²) in [6.45, 7) is 3.53. The van der Waals surface area contributed by atoms with Gasteiger partial charge in [-0.15, -0.1) is 21.5 Å². The van der Waals surface area contributed by atoms with E-state index in [9.17, 15) is 4.79 Å². The molecule has 0 N–H and O–H groups in total. The fourth-order valence-electron chi connectivity index (χ4n) is 4.49. The number of aryl methyl sites for hydroxylation is 1. The van der Waals surface area contributed by atoms with Crippen LogP contribution in [-0.2, 0) is 30.6 Å². The molecule has 1 amide bonds. The van der Waals surface area contributed by atoms with Crippen molar-refractivity contribution in [2.24, 2.45) is 5.92 Å². The molecule has 0 radical (unpaired) electrons. The topological polar surface area (TPSA) is 77.7 Å². The number of thioether (sulfide) groups is 1. The number of carbonyl (C=O) groups excluding carboxylic acids is 1. The zero-order valence-electron chi connectivity index (χ0n) is 19.1. The summed E-state index contributed by atoms with van der Waals surface area (Å²) in [5.74, 6) is 3.00. The van der Waals surface area contributed by atoms with Crippen LogP contribution in [0.4, 0.5) is 0 Å². The molecule has 7 nitrogen and oxygen atoms in total. The van der Waals surface area contributed by atoms with Crippen molar-refractivity contribution >= 4 is 29.0 Å². The van der Waals surface area contributed by atoms with Crippen molar-refractivity contribution in [3.05, 3.63) is 39.8 Å². The number of rotatable bonds is 6. The van der Waals surface area contributed by atoms with Crippen LogP contribution in [-0.4, -0.2) is 47.5 Å². The first-order valence-corrected chi connectivity index (χ1v) is 12.9. The second kappa shape index (κ2) is 9.38. The van der Waals surface area contributed by atoms with Gasteiger partial charge in [0.1, 0.15) is 0 Å². The first-order valence-electron chi connectivity index (χ1n) is 11.1. The standard InChI is InChI=1S/C24H27N3O4S2/c1-14-4-5-20-16(8-14)11-21(33-20)23-25-26-24(31-23)32-13-22(28)27-7-6-15-9-18(29-2)19(30-3)10-17(15)12-27/h9-11,14H,4-8,12-13H2,1-3H3/t14-/m1/s1. The van der Waals surface area contributed by atoms with Gasteiger partial charge in [-0.2, -0.15) is 0 Å². The highest BCUT2D eigenvalue weighted by atomic mass is 32.2. The molecule has 1 aliphatic heterocycles. The van der Waals surface area contributed by atoms with E-state index >= 15 is 0 Å². The number of hydrogen-bond acceptors (Lipinski definition) is 8. The van der Waals surface area contributed by atoms with Crippen molar-refractivity contribution in [3.63, 3.8) is 0 Å². The van der Waals surface area contributed by atoms with Gasteiger partial charge in [0.15, 0.2) is 11.5 Å². The van der Waals surface area contributed by atoms with Crippen molar-refractivity contribution in [1.82, 2.24) is 15.1 Å². The third-order valence-corrected chi connectivity index (χ3v) is 8.36. The second-order valence-corrected chi connectivity index (χ2v) is 10.7. The number of nitrogens with zero attached hydrogens (tertiary/aromatic N) is 3. The summed E-state index contributed by atoms with van der Waals surface area (Å²) < 4.78 is 16.7. The maximum atomic E-state index is 12.9. The fraction of sp³-hybridized carbons (Fsp3) is 0.458. The predicted molar refractivity (Wildman–Crippen MR) is 128 cm³/mol. The fourth-order valence-corrected chi connectivity index (χ4v) is 6.29. The number of methoxy groups -OCH3 is 2. The van der Waals surface area contributed by atoms with Crippen molar-refractivity contribution in [3.8, 4) is 22.3 Å². The number of hydrogen-bond donors (Lipinski definition) is 0. The third kappa shape index (κ3) is 4.61. The third-order valence-electron chi connectivity index (χ3n) is 6.34. The quantitative estimate of drug-likeness (QED) is 0.472. The molecule has 0 saturated carbocycles. The van der Waals surface area contributed by atoms with Gasteiger partial charge in [-0.3, -0.25) is 4.79 Å². The van der Waals surface area contributed by atoms with Crippen LogP contribution >= 0.6 is 23.1 Å². The van der Waals surface area contributed by atoms with Crippen LogP contribution in [0.15, 0.2) is 27.8 Å². The first kappa shape index (κ1) is 22.3. The Morgan fingerprint density at radius 2 is 1.94 bits per heavy atom. The van der Waals surface area contributed by atoms with Crippen molar-refractivity contribution in [2.75, 3.05) is 26.5 Å². The molecule has 0 fully saturated rings. The summed E-state index contributed by atoms with van der Waals surface area (Å²) in [5.41, 5.74) is 3.70. The van der Waals surface area contributed by atoms with Crippen molar-refractivity contribution < 1.29 is 18.7 Å². The molecular weight excluding hydrogens is 458 g/mol. The Morgan fingerprint density at radius 1 is 1.15 bits per heavy atom. The molecule has 1 aliphatic carbocycles. The van der Waals surface area contributed by atoms with Gasteiger partial charge >= 0.3 is 0 Å². The number of carbonyl (C=O) groups is 1. The highest BCUT2D eigenvalue weighted by molar-refractivity contribution is 7.99. The lowest BCUT2D eigenvalue weighted by Crippen LogP contribution is -2.37. The van der Waals surface area contributed by atoms with E-state index in [4.69, 9.17) is 13.9 Å². The normalized spacial score (nSPS) is 17.4. The summed E-state index contributed by atoms with van der Waals surface area (Å²) in [6, 6.07) is 6.16. The molecular formula is C24H27N3O4S2. The number of ether oxygens (including phenoxy) is 2. The van der Waals surface area contributed by atoms with Crippen molar-refractivity contribution in [2.45, 2.75) is 44.4 Å². The molecule has 9 heteroatoms. The Bertz CT molecular complexity index is 1170. The highest BCUT2D eigenvalue weighted by Crippen LogP contribution is 2.37. The molecule has 0 spiro atoms. The lowest BCUT2D eigenvalue weighted by molar-refractivity contribution is -0.129. The number of fused-ring (bicyclic) bond motifs is 2. The van der Waals surface area contributed by atoms with E-state index in [1.54, 1.807) is 25.6 Å². The first-order chi connectivity index (χ1) is 16.0. The van der Waals surface area contributed by atoms with Gasteiger partial charge in [-0.05, 0) is 66.5 Å². The summed E-state index contributed by atoms with van der Waals surface area (Å²) in [5, 5.41) is 8.82. The molecule has 2 aliphatic rings. The van der Waals surface area contributed by atoms with E-state index in [1.165, 1.54) is 34.2 Å². The van der Waals surface area contributed by atoms with E-state index in [0.717, 1.165) is 41.4 Å². The summed E-state index contributed by atoms with van der Waals surface area (Å²) in [6.07, 6.45) is 4.27. The van der Waals surface area contributed by atoms with Crippen LogP contribution < -0.4 is 9.47 Å². The van der Waals surface area contributed by atoms with Crippen molar-refractivity contribution in [1.29, 1.82) is 0 Å². The van der Waals surface area contributed by atoms with Crippen LogP contribution in [0.1, 0.15) is 34.9 Å². The van der Waals surface area contributed by atoms with Gasteiger partial charge in [-0.25, -0.2) is 0 Å². The minimum Gasteiger partial charge on any atom is -0.493 e. The van der Waals surface area contributed by atoms with Gasteiger partial charge in [-0.1, -0.05) is 18.7 Å². The van der Waals surface area contributed by atoms with E-state index in [1.807, 2.05) is 17.0 Å². The zero-order chi connectivity index (χ0) is 22.9. The average Bonchev–Trinajstić information content (AvgIpc) is 3.47. The Hall–Kier alpha value is -2.52. The minimum atomic E-state index is 0.0563. The van der Waals surface area contributed by atoms with E-state index < -0.39 is 0 Å². The lowest BCUT2D eigenvalue weighted by Gasteiger charge is -2.29. The zero-order valence-corrected chi connectivity index (χ0v) is 20.7. The van der Waals surface area contributed by atoms with Crippen LogP contribution in [0.5, 0.6) is 11.5 Å². The predicted octanol–water partition coefficient (Wildman–Crippen LogP) is 4.62. The van der Waals surface area contributed by atoms with E-state index in [-0.39, 0.29) is 11.7 Å². The number of aromatic nitrogens is 2. The summed E-state index contributed by atoms with van der Waals surface area (Å²) >= 11 is 3.05. The van der Waals surface area contributed by atoms with Gasteiger partial charge in [0.25, 0.3) is 11.1 Å². The molecule has 0 saturated heterocycles. The minimum absolute atomic E-state index is 0.0563. The SMILES string of the molecule is COc1cc2c(cc1OC)CN(C(=O)CSc1nnc(-c3cc4c(s3)CC[C@@H](C)C4)o1)CC2. The Balaban J connectivity index is 1.21. The molecule has 1 atom stereocenters. The maximum absolute atomic E-state index is 12.9. The number of benzene rings is 1. The number of thiophene rings is 1. The van der Waals surface area contributed by atoms with Crippen LogP contribution in [0.2, 0.25) is 0 Å². The highest BCUT2D eigenvalue weighted by Gasteiger charge is 2.24. The molecule has 0 unspecified atom stereocenters. The Kier molecular flexibility index (Phi) is 6.34. The summed E-state index contributed by atoms with van der Waals surface area (Å²) in [7, 11) is 3.26. The van der Waals surface area contributed by atoms with Gasteiger partial charge in [0.05, 0.1) is 24.8 Å². The van der Waals surface area contributed by atoms with Gasteiger partial charge in [0, 0.05) is 18.0 Å². The lowest BCUT2D eigenvalue weighted by atomic mass is 9.90. The van der Waals surface area contributed by atoms with Crippen LogP contribution in [0, 0.1) is 5.92 Å². The van der Waals surface area contributed by atoms with Crippen LogP contribution in [0.25, 0.3) is 10.8 Å². The molecule has 174 valence electrons. The Morgan fingerprint density at radius 3 is 2.73 bits per heavy atom. The average molecular weight is 486 g/mol. The van der Waals surface area contributed by atoms with Gasteiger partial charge < -0.3 is 18.8 Å². The largest absolute Gasteiger partial charge is 0.493 e. The second-order valence-electron chi connectivity index (χ2n) is 8.61. The van der Waals surface area contributed by atoms with E-state index in [2.05, 4.69) is 23.2 Å². The smallest absolute Gasteiger partial charge is 0.277 e. The maximum Gasteiger partial charge on any atom is 0.277 e. The van der Waals surface area contributed by atoms with E-state index in [0.29, 0.717) is 30.0 Å². The molecule has 3 aromatic rings. The Labute approximate surface area is 201 Å². The molecule has 33 heavy (non-hydrogen) atoms. The number of amides is 1. The molecule has 1 aromatic carbocycles. The monoisotopic (exact) mass is 485 g/mol. The summed E-state index contributed by atoms with van der Waals surface area (Å²) in [4.78, 5) is 17.2. The molecule has 0 bridgehead atoms.